The molecule has 6 rings (SSSR count). The van der Waals surface area contributed by atoms with Crippen LogP contribution in [-0.2, 0) is 11.2 Å². The summed E-state index contributed by atoms with van der Waals surface area (Å²) in [6.45, 7) is 0.873. The number of aromatic amines is 1. The number of amides is 1. The average Bonchev–Trinajstić information content (AvgIpc) is 3.41. The number of methoxy groups -OCH3 is 1. The molecule has 2 aromatic heterocycles. The van der Waals surface area contributed by atoms with Crippen molar-refractivity contribution < 1.29 is 14.3 Å². The third-order valence-electron chi connectivity index (χ3n) is 6.99. The second kappa shape index (κ2) is 10.5. The second-order valence-corrected chi connectivity index (χ2v) is 9.53. The zero-order chi connectivity index (χ0) is 26.8. The SMILES string of the molecule is COC(CNC(=O)c1ccc2c(c1)CC(c1nc3ccc(-c4ccnc(N)n4)cc3[nH]1)CO2)c1ccccc1. The van der Waals surface area contributed by atoms with Gasteiger partial charge >= 0.3 is 0 Å². The third kappa shape index (κ3) is 5.17. The van der Waals surface area contributed by atoms with Crippen molar-refractivity contribution in [3.63, 3.8) is 0 Å². The topological polar surface area (TPSA) is 128 Å². The molecule has 3 heterocycles. The highest BCUT2D eigenvalue weighted by Gasteiger charge is 2.25. The Labute approximate surface area is 225 Å². The molecule has 0 radical (unpaired) electrons. The number of anilines is 1. The largest absolute Gasteiger partial charge is 0.493 e. The first-order valence-electron chi connectivity index (χ1n) is 12.8. The lowest BCUT2D eigenvalue weighted by Crippen LogP contribution is -2.29. The standard InChI is InChI=1S/C30H28N6O3/c1-38-27(18-5-3-2-4-6-18)16-33-29(37)20-8-10-26-21(13-20)14-22(17-39-26)28-34-24-9-7-19(15-25(24)35-28)23-11-12-32-30(31)36-23/h2-13,15,22,27H,14,16-17H2,1H3,(H,33,37)(H,34,35)(H2,31,32,36). The summed E-state index contributed by atoms with van der Waals surface area (Å²) in [5.41, 5.74) is 11.8. The molecule has 196 valence electrons. The first-order valence-corrected chi connectivity index (χ1v) is 12.8. The van der Waals surface area contributed by atoms with Gasteiger partial charge in [-0.25, -0.2) is 15.0 Å². The van der Waals surface area contributed by atoms with E-state index in [0.717, 1.165) is 45.0 Å². The van der Waals surface area contributed by atoms with Gasteiger partial charge in [-0.05, 0) is 53.9 Å². The number of rotatable bonds is 7. The van der Waals surface area contributed by atoms with Gasteiger partial charge in [-0.1, -0.05) is 36.4 Å². The number of nitrogens with one attached hydrogen (secondary N) is 2. The second-order valence-electron chi connectivity index (χ2n) is 9.53. The van der Waals surface area contributed by atoms with Crippen LogP contribution in [0.25, 0.3) is 22.3 Å². The number of benzene rings is 3. The van der Waals surface area contributed by atoms with Crippen LogP contribution in [0.5, 0.6) is 5.75 Å². The molecule has 0 saturated carbocycles. The van der Waals surface area contributed by atoms with Crippen LogP contribution in [0.1, 0.15) is 39.3 Å². The lowest BCUT2D eigenvalue weighted by molar-refractivity contribution is 0.0827. The summed E-state index contributed by atoms with van der Waals surface area (Å²) in [5.74, 6) is 1.74. The predicted octanol–water partition coefficient (Wildman–Crippen LogP) is 4.44. The van der Waals surface area contributed by atoms with E-state index < -0.39 is 0 Å². The number of hydrogen-bond donors (Lipinski definition) is 3. The first kappa shape index (κ1) is 24.6. The van der Waals surface area contributed by atoms with E-state index in [9.17, 15) is 4.79 Å². The molecular weight excluding hydrogens is 492 g/mol. The van der Waals surface area contributed by atoms with E-state index in [-0.39, 0.29) is 23.9 Å². The Morgan fingerprint density at radius 2 is 2.00 bits per heavy atom. The molecule has 4 N–H and O–H groups in total. The summed E-state index contributed by atoms with van der Waals surface area (Å²) in [7, 11) is 1.64. The lowest BCUT2D eigenvalue weighted by atomic mass is 9.94. The van der Waals surface area contributed by atoms with E-state index in [4.69, 9.17) is 20.2 Å². The summed E-state index contributed by atoms with van der Waals surface area (Å²) in [6.07, 6.45) is 2.13. The fourth-order valence-electron chi connectivity index (χ4n) is 4.92. The Morgan fingerprint density at radius 1 is 1.13 bits per heavy atom. The number of aromatic nitrogens is 4. The summed E-state index contributed by atoms with van der Waals surface area (Å²) in [6, 6.07) is 23.2. The maximum atomic E-state index is 13.0. The van der Waals surface area contributed by atoms with Crippen molar-refractivity contribution in [3.8, 4) is 17.0 Å². The van der Waals surface area contributed by atoms with Gasteiger partial charge in [0.05, 0.1) is 35.4 Å². The minimum absolute atomic E-state index is 0.0253. The van der Waals surface area contributed by atoms with Crippen molar-refractivity contribution in [2.45, 2.75) is 18.4 Å². The summed E-state index contributed by atoms with van der Waals surface area (Å²) < 4.78 is 11.6. The van der Waals surface area contributed by atoms with E-state index in [1.165, 1.54) is 0 Å². The lowest BCUT2D eigenvalue weighted by Gasteiger charge is -2.24. The number of nitrogen functional groups attached to an aromatic ring is 1. The van der Waals surface area contributed by atoms with Gasteiger partial charge in [0.15, 0.2) is 0 Å². The number of carbonyl (C=O) groups is 1. The maximum absolute atomic E-state index is 13.0. The molecule has 2 atom stereocenters. The molecule has 9 heteroatoms. The Bertz CT molecular complexity index is 1630. The van der Waals surface area contributed by atoms with Gasteiger partial charge in [0.2, 0.25) is 5.95 Å². The highest BCUT2D eigenvalue weighted by Crippen LogP contribution is 2.33. The van der Waals surface area contributed by atoms with Gasteiger partial charge in [-0.15, -0.1) is 0 Å². The van der Waals surface area contributed by atoms with Gasteiger partial charge < -0.3 is 25.5 Å². The number of hydrogen-bond acceptors (Lipinski definition) is 7. The number of fused-ring (bicyclic) bond motifs is 2. The molecule has 1 aliphatic rings. The zero-order valence-corrected chi connectivity index (χ0v) is 21.4. The number of H-pyrrole nitrogens is 1. The monoisotopic (exact) mass is 520 g/mol. The number of ether oxygens (including phenoxy) is 2. The average molecular weight is 521 g/mol. The minimum Gasteiger partial charge on any atom is -0.493 e. The smallest absolute Gasteiger partial charge is 0.251 e. The van der Waals surface area contributed by atoms with Crippen LogP contribution in [0, 0.1) is 0 Å². The number of imidazole rings is 1. The predicted molar refractivity (Wildman–Crippen MR) is 148 cm³/mol. The molecule has 0 saturated heterocycles. The van der Waals surface area contributed by atoms with Crippen LogP contribution in [-0.4, -0.2) is 46.1 Å². The quantitative estimate of drug-likeness (QED) is 0.289. The van der Waals surface area contributed by atoms with Crippen LogP contribution in [0.2, 0.25) is 0 Å². The zero-order valence-electron chi connectivity index (χ0n) is 21.4. The van der Waals surface area contributed by atoms with Gasteiger partial charge in [0.25, 0.3) is 5.91 Å². The van der Waals surface area contributed by atoms with Crippen molar-refractivity contribution in [2.75, 3.05) is 26.0 Å². The van der Waals surface area contributed by atoms with Crippen LogP contribution < -0.4 is 15.8 Å². The van der Waals surface area contributed by atoms with Gasteiger partial charge in [0.1, 0.15) is 11.6 Å². The first-order chi connectivity index (χ1) is 19.1. The normalized spacial score (nSPS) is 15.4. The van der Waals surface area contributed by atoms with Crippen LogP contribution in [0.3, 0.4) is 0 Å². The molecule has 3 aromatic carbocycles. The van der Waals surface area contributed by atoms with Crippen LogP contribution in [0.4, 0.5) is 5.95 Å². The summed E-state index contributed by atoms with van der Waals surface area (Å²) >= 11 is 0. The maximum Gasteiger partial charge on any atom is 0.251 e. The van der Waals surface area contributed by atoms with Crippen molar-refractivity contribution in [2.24, 2.45) is 0 Å². The molecule has 0 aliphatic carbocycles. The molecule has 2 unspecified atom stereocenters. The van der Waals surface area contributed by atoms with Crippen LogP contribution in [0.15, 0.2) is 79.0 Å². The Balaban J connectivity index is 1.17. The molecule has 39 heavy (non-hydrogen) atoms. The number of nitrogens with zero attached hydrogens (tertiary/aromatic N) is 3. The van der Waals surface area contributed by atoms with Crippen molar-refractivity contribution in [1.82, 2.24) is 25.3 Å². The highest BCUT2D eigenvalue weighted by molar-refractivity contribution is 5.94. The fourth-order valence-corrected chi connectivity index (χ4v) is 4.92. The van der Waals surface area contributed by atoms with E-state index in [0.29, 0.717) is 25.1 Å². The van der Waals surface area contributed by atoms with E-state index in [2.05, 4.69) is 20.3 Å². The van der Waals surface area contributed by atoms with Gasteiger partial charge in [-0.2, -0.15) is 0 Å². The summed E-state index contributed by atoms with van der Waals surface area (Å²) in [4.78, 5) is 29.5. The van der Waals surface area contributed by atoms with Crippen molar-refractivity contribution in [3.05, 3.63) is 102 Å². The molecule has 9 nitrogen and oxygen atoms in total. The van der Waals surface area contributed by atoms with E-state index in [1.807, 2.05) is 66.7 Å². The van der Waals surface area contributed by atoms with E-state index >= 15 is 0 Å². The molecular formula is C30H28N6O3. The molecule has 0 fully saturated rings. The Morgan fingerprint density at radius 3 is 2.82 bits per heavy atom. The minimum atomic E-state index is -0.221. The van der Waals surface area contributed by atoms with E-state index in [1.54, 1.807) is 19.4 Å². The number of carbonyl (C=O) groups excluding carboxylic acids is 1. The number of nitrogens with two attached hydrogens (primary N) is 1. The van der Waals surface area contributed by atoms with Crippen LogP contribution >= 0.6 is 0 Å². The Kier molecular flexibility index (Phi) is 6.64. The molecule has 5 aromatic rings. The Hall–Kier alpha value is -4.76. The van der Waals surface area contributed by atoms with Crippen molar-refractivity contribution >= 4 is 22.9 Å². The molecule has 0 bridgehead atoms. The summed E-state index contributed by atoms with van der Waals surface area (Å²) in [5, 5.41) is 3.00. The van der Waals surface area contributed by atoms with Gasteiger partial charge in [-0.3, -0.25) is 4.79 Å². The van der Waals surface area contributed by atoms with Gasteiger partial charge in [0, 0.05) is 31.0 Å². The van der Waals surface area contributed by atoms with Crippen molar-refractivity contribution in [1.29, 1.82) is 0 Å². The third-order valence-corrected chi connectivity index (χ3v) is 6.99. The molecule has 0 spiro atoms. The molecule has 1 aliphatic heterocycles. The fraction of sp³-hybridized carbons (Fsp3) is 0.200. The molecule has 1 amide bonds. The highest BCUT2D eigenvalue weighted by atomic mass is 16.5.